The van der Waals surface area contributed by atoms with Crippen LogP contribution in [0.3, 0.4) is 0 Å². The van der Waals surface area contributed by atoms with Crippen molar-refractivity contribution in [3.63, 3.8) is 0 Å². The van der Waals surface area contributed by atoms with E-state index in [2.05, 4.69) is 15.6 Å². The molecule has 0 aliphatic rings. The summed E-state index contributed by atoms with van der Waals surface area (Å²) in [7, 11) is 0. The van der Waals surface area contributed by atoms with Gasteiger partial charge in [0.2, 0.25) is 11.8 Å². The third kappa shape index (κ3) is 6.54. The fourth-order valence-corrected chi connectivity index (χ4v) is 3.95. The molecular weight excluding hydrogens is 452 g/mol. The lowest BCUT2D eigenvalue weighted by Crippen LogP contribution is -2.48. The molecular formula is C25H30N4O4S. The van der Waals surface area contributed by atoms with E-state index in [-0.39, 0.29) is 24.2 Å². The normalized spacial score (nSPS) is 13.1. The predicted molar refractivity (Wildman–Crippen MR) is 131 cm³/mol. The molecule has 2 atom stereocenters. The molecule has 3 rings (SSSR count). The van der Waals surface area contributed by atoms with Crippen molar-refractivity contribution >= 4 is 34.9 Å². The molecule has 0 aliphatic carbocycles. The minimum atomic E-state index is -0.776. The van der Waals surface area contributed by atoms with E-state index in [9.17, 15) is 14.4 Å². The number of anilines is 1. The van der Waals surface area contributed by atoms with Crippen LogP contribution in [0.15, 0.2) is 59.7 Å². The van der Waals surface area contributed by atoms with Gasteiger partial charge in [-0.15, -0.1) is 0 Å². The highest BCUT2D eigenvalue weighted by atomic mass is 32.1. The number of nitrogens with zero attached hydrogens (tertiary/aromatic N) is 2. The third-order valence-electron chi connectivity index (χ3n) is 5.10. The van der Waals surface area contributed by atoms with Crippen LogP contribution in [0.5, 0.6) is 0 Å². The summed E-state index contributed by atoms with van der Waals surface area (Å²) >= 11 is 1.53. The number of hydrogen-bond donors (Lipinski definition) is 2. The Kier molecular flexibility index (Phi) is 8.22. The molecule has 0 saturated carbocycles. The Balaban J connectivity index is 1.80. The highest BCUT2D eigenvalue weighted by Crippen LogP contribution is 2.22. The van der Waals surface area contributed by atoms with Gasteiger partial charge < -0.3 is 19.9 Å². The van der Waals surface area contributed by atoms with Crippen molar-refractivity contribution in [3.8, 4) is 0 Å². The number of thiophene rings is 1. The van der Waals surface area contributed by atoms with Crippen molar-refractivity contribution in [3.05, 3.63) is 70.8 Å². The highest BCUT2D eigenvalue weighted by Gasteiger charge is 2.29. The van der Waals surface area contributed by atoms with Crippen molar-refractivity contribution in [2.75, 3.05) is 11.9 Å². The van der Waals surface area contributed by atoms with Gasteiger partial charge in [-0.05, 0) is 34.9 Å². The molecule has 2 amide bonds. The summed E-state index contributed by atoms with van der Waals surface area (Å²) in [6.07, 6.45) is 3.42. The first-order chi connectivity index (χ1) is 16.2. The van der Waals surface area contributed by atoms with Gasteiger partial charge in [0.25, 0.3) is 0 Å². The Labute approximate surface area is 203 Å². The number of ether oxygens (including phenoxy) is 1. The first kappa shape index (κ1) is 25.2. The number of nitrogens with one attached hydrogen (secondary N) is 2. The van der Waals surface area contributed by atoms with Gasteiger partial charge in [0.1, 0.15) is 6.04 Å². The van der Waals surface area contributed by atoms with Crippen LogP contribution in [0.2, 0.25) is 0 Å². The van der Waals surface area contributed by atoms with E-state index in [1.54, 1.807) is 38.5 Å². The van der Waals surface area contributed by atoms with E-state index in [0.717, 1.165) is 11.1 Å². The van der Waals surface area contributed by atoms with Crippen LogP contribution in [-0.4, -0.2) is 40.0 Å². The van der Waals surface area contributed by atoms with E-state index >= 15 is 0 Å². The van der Waals surface area contributed by atoms with Gasteiger partial charge in [-0.25, -0.2) is 9.78 Å². The fraction of sp³-hybridized carbons (Fsp3) is 0.360. The van der Waals surface area contributed by atoms with Gasteiger partial charge in [0.05, 0.1) is 12.9 Å². The monoisotopic (exact) mass is 482 g/mol. The smallest absolute Gasteiger partial charge is 0.333 e. The summed E-state index contributed by atoms with van der Waals surface area (Å²) < 4.78 is 6.86. The standard InChI is InChI=1S/C25H30N4O4S/c1-5-33-23(31)21(18-9-7-6-8-10-18)29-14-20(26-16-29)28-22(30)19(13-17-11-12-34-15-17)27-24(32)25(2,3)4/h6-12,14-16,19,21H,5,13H2,1-4H3,(H,27,32)(H,28,30)/t19-,21?/m1/s1. The summed E-state index contributed by atoms with van der Waals surface area (Å²) in [5.41, 5.74) is 1.05. The zero-order valence-corrected chi connectivity index (χ0v) is 20.6. The molecule has 180 valence electrons. The first-order valence-electron chi connectivity index (χ1n) is 11.1. The largest absolute Gasteiger partial charge is 0.464 e. The lowest BCUT2D eigenvalue weighted by Gasteiger charge is -2.23. The van der Waals surface area contributed by atoms with Crippen molar-refractivity contribution in [2.45, 2.75) is 46.2 Å². The maximum Gasteiger partial charge on any atom is 0.333 e. The van der Waals surface area contributed by atoms with Crippen LogP contribution in [0.4, 0.5) is 5.82 Å². The van der Waals surface area contributed by atoms with Crippen molar-refractivity contribution in [2.24, 2.45) is 5.41 Å². The van der Waals surface area contributed by atoms with E-state index < -0.39 is 23.5 Å². The zero-order valence-electron chi connectivity index (χ0n) is 19.8. The van der Waals surface area contributed by atoms with Crippen molar-refractivity contribution in [1.82, 2.24) is 14.9 Å². The summed E-state index contributed by atoms with van der Waals surface area (Å²) in [6.45, 7) is 7.38. The lowest BCUT2D eigenvalue weighted by atomic mass is 9.94. The van der Waals surface area contributed by atoms with E-state index in [1.807, 2.05) is 47.2 Å². The summed E-state index contributed by atoms with van der Waals surface area (Å²) in [4.78, 5) is 42.6. The minimum absolute atomic E-state index is 0.222. The highest BCUT2D eigenvalue weighted by molar-refractivity contribution is 7.07. The Morgan fingerprint density at radius 1 is 1.15 bits per heavy atom. The Hall–Kier alpha value is -3.46. The molecule has 0 bridgehead atoms. The fourth-order valence-electron chi connectivity index (χ4n) is 3.27. The molecule has 1 unspecified atom stereocenters. The molecule has 0 fully saturated rings. The van der Waals surface area contributed by atoms with Crippen LogP contribution in [0, 0.1) is 5.41 Å². The second-order valence-electron chi connectivity index (χ2n) is 8.87. The summed E-state index contributed by atoms with van der Waals surface area (Å²) in [6, 6.07) is 9.62. The average molecular weight is 483 g/mol. The van der Waals surface area contributed by atoms with Crippen molar-refractivity contribution in [1.29, 1.82) is 0 Å². The number of benzene rings is 1. The van der Waals surface area contributed by atoms with E-state index in [4.69, 9.17) is 4.74 Å². The summed E-state index contributed by atoms with van der Waals surface area (Å²) in [5, 5.41) is 9.50. The maximum atomic E-state index is 13.1. The molecule has 0 radical (unpaired) electrons. The minimum Gasteiger partial charge on any atom is -0.464 e. The second kappa shape index (κ2) is 11.1. The Bertz CT molecular complexity index is 1100. The van der Waals surface area contributed by atoms with Gasteiger partial charge in [-0.1, -0.05) is 51.1 Å². The zero-order chi connectivity index (χ0) is 24.7. The molecule has 9 heteroatoms. The van der Waals surface area contributed by atoms with Crippen LogP contribution in [0.1, 0.15) is 44.9 Å². The molecule has 0 saturated heterocycles. The average Bonchev–Trinajstić information content (AvgIpc) is 3.46. The van der Waals surface area contributed by atoms with Gasteiger partial charge in [-0.3, -0.25) is 9.59 Å². The van der Waals surface area contributed by atoms with Crippen molar-refractivity contribution < 1.29 is 19.1 Å². The van der Waals surface area contributed by atoms with Crippen LogP contribution in [-0.2, 0) is 25.5 Å². The molecule has 3 aromatic rings. The molecule has 2 aromatic heterocycles. The van der Waals surface area contributed by atoms with Gasteiger partial charge in [0.15, 0.2) is 11.9 Å². The predicted octanol–water partition coefficient (Wildman–Crippen LogP) is 3.81. The third-order valence-corrected chi connectivity index (χ3v) is 5.83. The quantitative estimate of drug-likeness (QED) is 0.452. The van der Waals surface area contributed by atoms with Gasteiger partial charge in [-0.2, -0.15) is 11.3 Å². The molecule has 1 aromatic carbocycles. The second-order valence-corrected chi connectivity index (χ2v) is 9.65. The van der Waals surface area contributed by atoms with Crippen LogP contribution < -0.4 is 10.6 Å². The number of imidazole rings is 1. The molecule has 8 nitrogen and oxygen atoms in total. The van der Waals surface area contributed by atoms with Gasteiger partial charge >= 0.3 is 5.97 Å². The molecule has 2 heterocycles. The summed E-state index contributed by atoms with van der Waals surface area (Å²) in [5.74, 6) is -0.756. The number of amides is 2. The molecule has 0 spiro atoms. The van der Waals surface area contributed by atoms with E-state index in [0.29, 0.717) is 6.42 Å². The Morgan fingerprint density at radius 2 is 1.88 bits per heavy atom. The van der Waals surface area contributed by atoms with E-state index in [1.165, 1.54) is 17.7 Å². The number of carbonyl (C=O) groups is 3. The first-order valence-corrected chi connectivity index (χ1v) is 12.0. The van der Waals surface area contributed by atoms with Gasteiger partial charge in [0, 0.05) is 18.0 Å². The molecule has 0 aliphatic heterocycles. The number of esters is 1. The molecule has 2 N–H and O–H groups in total. The number of aromatic nitrogens is 2. The topological polar surface area (TPSA) is 102 Å². The molecule has 34 heavy (non-hydrogen) atoms. The maximum absolute atomic E-state index is 13.1. The lowest BCUT2D eigenvalue weighted by molar-refractivity contribution is -0.145. The number of hydrogen-bond acceptors (Lipinski definition) is 6. The SMILES string of the molecule is CCOC(=O)C(c1ccccc1)n1cnc(NC(=O)[C@@H](Cc2ccsc2)NC(=O)C(C)(C)C)c1. The number of rotatable bonds is 9. The van der Waals surface area contributed by atoms with Crippen LogP contribution in [0.25, 0.3) is 0 Å². The number of carbonyl (C=O) groups excluding carboxylic acids is 3. The van der Waals surface area contributed by atoms with Crippen LogP contribution >= 0.6 is 11.3 Å². The Morgan fingerprint density at radius 3 is 2.50 bits per heavy atom.